The summed E-state index contributed by atoms with van der Waals surface area (Å²) in [6, 6.07) is 1.44. The number of nitrogens with zero attached hydrogens (tertiary/aromatic N) is 1. The molecule has 1 aromatic heterocycles. The standard InChI is InChI=1S/C7H5BClF3N/c9-7-2-4-13-5-6(7)1-3-8(10,11)12/h1-5H/q-1/b3-1+. The van der Waals surface area contributed by atoms with E-state index in [9.17, 15) is 12.9 Å². The molecule has 0 aliphatic carbocycles. The normalized spacial score (nSPS) is 12.3. The summed E-state index contributed by atoms with van der Waals surface area (Å²) in [5.74, 6) is 0.183. The number of hydrogen-bond acceptors (Lipinski definition) is 1. The minimum Gasteiger partial charge on any atom is -0.445 e. The SMILES string of the molecule is F[B-](F)(F)/C=C/c1cnccc1Cl. The highest BCUT2D eigenvalue weighted by Gasteiger charge is 2.17. The molecule has 1 heterocycles. The molecule has 0 amide bonds. The number of pyridine rings is 1. The van der Waals surface area contributed by atoms with Crippen LogP contribution in [-0.4, -0.2) is 12.0 Å². The molecule has 0 spiro atoms. The summed E-state index contributed by atoms with van der Waals surface area (Å²) in [6.07, 6.45) is 3.61. The molecule has 0 saturated carbocycles. The lowest BCUT2D eigenvalue weighted by atomic mass is 9.91. The van der Waals surface area contributed by atoms with Gasteiger partial charge in [-0.2, -0.15) is 0 Å². The Bertz CT molecular complexity index is 324. The van der Waals surface area contributed by atoms with Crippen LogP contribution < -0.4 is 0 Å². The molecule has 0 aliphatic rings. The third-order valence-electron chi connectivity index (χ3n) is 1.29. The summed E-state index contributed by atoms with van der Waals surface area (Å²) in [5, 5.41) is 0.256. The average molecular weight is 206 g/mol. The second kappa shape index (κ2) is 3.83. The van der Waals surface area contributed by atoms with Crippen LogP contribution in [0, 0.1) is 0 Å². The second-order valence-electron chi connectivity index (χ2n) is 2.38. The first-order chi connectivity index (χ1) is 5.99. The van der Waals surface area contributed by atoms with Crippen molar-refractivity contribution in [1.82, 2.24) is 4.98 Å². The van der Waals surface area contributed by atoms with Gasteiger partial charge >= 0.3 is 6.98 Å². The molecule has 0 atom stereocenters. The van der Waals surface area contributed by atoms with Gasteiger partial charge in [0.15, 0.2) is 0 Å². The Morgan fingerprint density at radius 2 is 2.08 bits per heavy atom. The van der Waals surface area contributed by atoms with Crippen LogP contribution in [0.1, 0.15) is 5.56 Å². The van der Waals surface area contributed by atoms with Gasteiger partial charge in [-0.25, -0.2) is 0 Å². The number of aromatic nitrogens is 1. The highest BCUT2D eigenvalue weighted by atomic mass is 35.5. The molecule has 0 aromatic carbocycles. The van der Waals surface area contributed by atoms with Crippen LogP contribution >= 0.6 is 11.6 Å². The van der Waals surface area contributed by atoms with Crippen LogP contribution in [0.3, 0.4) is 0 Å². The summed E-state index contributed by atoms with van der Waals surface area (Å²) in [7, 11) is 0. The summed E-state index contributed by atoms with van der Waals surface area (Å²) < 4.78 is 35.4. The van der Waals surface area contributed by atoms with Crippen LogP contribution in [0.5, 0.6) is 0 Å². The lowest BCUT2D eigenvalue weighted by Gasteiger charge is -2.06. The zero-order chi connectivity index (χ0) is 9.90. The topological polar surface area (TPSA) is 12.9 Å². The Balaban J connectivity index is 2.86. The van der Waals surface area contributed by atoms with E-state index in [0.29, 0.717) is 0 Å². The third-order valence-corrected chi connectivity index (χ3v) is 1.63. The molecule has 0 aliphatic heterocycles. The van der Waals surface area contributed by atoms with Crippen molar-refractivity contribution < 1.29 is 12.9 Å². The lowest BCUT2D eigenvalue weighted by molar-refractivity contribution is 0.499. The molecule has 0 radical (unpaired) electrons. The lowest BCUT2D eigenvalue weighted by Crippen LogP contribution is -2.09. The van der Waals surface area contributed by atoms with Gasteiger partial charge in [-0.05, 0) is 6.07 Å². The molecule has 6 heteroatoms. The molecule has 1 aromatic rings. The highest BCUT2D eigenvalue weighted by molar-refractivity contribution is 6.65. The Morgan fingerprint density at radius 3 is 2.62 bits per heavy atom. The number of halogens is 4. The first-order valence-electron chi connectivity index (χ1n) is 3.48. The van der Waals surface area contributed by atoms with E-state index >= 15 is 0 Å². The van der Waals surface area contributed by atoms with Crippen LogP contribution in [0.4, 0.5) is 12.9 Å². The van der Waals surface area contributed by atoms with Gasteiger partial charge in [0, 0.05) is 18.0 Å². The Morgan fingerprint density at radius 1 is 1.38 bits per heavy atom. The van der Waals surface area contributed by atoms with Crippen molar-refractivity contribution in [2.24, 2.45) is 0 Å². The Labute approximate surface area is 78.3 Å². The van der Waals surface area contributed by atoms with E-state index in [1.165, 1.54) is 18.5 Å². The predicted molar refractivity (Wildman–Crippen MR) is 47.4 cm³/mol. The monoisotopic (exact) mass is 206 g/mol. The molecule has 0 bridgehead atoms. The van der Waals surface area contributed by atoms with E-state index in [2.05, 4.69) is 4.98 Å². The van der Waals surface area contributed by atoms with E-state index in [-0.39, 0.29) is 16.6 Å². The third kappa shape index (κ3) is 3.50. The first-order valence-corrected chi connectivity index (χ1v) is 3.85. The molecule has 0 fully saturated rings. The van der Waals surface area contributed by atoms with E-state index in [4.69, 9.17) is 11.6 Å². The van der Waals surface area contributed by atoms with Crippen LogP contribution in [-0.2, 0) is 0 Å². The van der Waals surface area contributed by atoms with E-state index < -0.39 is 6.98 Å². The van der Waals surface area contributed by atoms with Gasteiger partial charge < -0.3 is 12.9 Å². The fourth-order valence-corrected chi connectivity index (χ4v) is 0.893. The van der Waals surface area contributed by atoms with Crippen molar-refractivity contribution in [2.45, 2.75) is 0 Å². The maximum absolute atomic E-state index is 11.8. The first kappa shape index (κ1) is 10.1. The number of hydrogen-bond donors (Lipinski definition) is 0. The molecule has 0 unspecified atom stereocenters. The summed E-state index contributed by atoms with van der Waals surface area (Å²) in [5.41, 5.74) is 0.267. The van der Waals surface area contributed by atoms with E-state index in [1.807, 2.05) is 0 Å². The van der Waals surface area contributed by atoms with Crippen molar-refractivity contribution in [2.75, 3.05) is 0 Å². The van der Waals surface area contributed by atoms with Gasteiger partial charge in [-0.3, -0.25) is 4.98 Å². The zero-order valence-electron chi connectivity index (χ0n) is 6.42. The fraction of sp³-hybridized carbons (Fsp3) is 0. The second-order valence-corrected chi connectivity index (χ2v) is 2.79. The molecular weight excluding hydrogens is 201 g/mol. The Hall–Kier alpha value is -0.965. The summed E-state index contributed by atoms with van der Waals surface area (Å²) in [4.78, 5) is 3.65. The smallest absolute Gasteiger partial charge is 0.445 e. The predicted octanol–water partition coefficient (Wildman–Crippen LogP) is 3.13. The molecular formula is C7H5BClF3N-. The molecule has 70 valence electrons. The highest BCUT2D eigenvalue weighted by Crippen LogP contribution is 2.18. The van der Waals surface area contributed by atoms with Crippen molar-refractivity contribution in [3.8, 4) is 0 Å². The average Bonchev–Trinajstić information content (AvgIpc) is 2.01. The molecule has 1 rings (SSSR count). The maximum Gasteiger partial charge on any atom is 0.502 e. The quantitative estimate of drug-likeness (QED) is 0.677. The minimum absolute atomic E-state index is 0.183. The zero-order valence-corrected chi connectivity index (χ0v) is 7.18. The van der Waals surface area contributed by atoms with Crippen LogP contribution in [0.25, 0.3) is 6.08 Å². The van der Waals surface area contributed by atoms with Gasteiger partial charge in [0.2, 0.25) is 0 Å². The van der Waals surface area contributed by atoms with Gasteiger partial charge in [0.1, 0.15) is 0 Å². The molecule has 1 nitrogen and oxygen atoms in total. The molecule has 0 saturated heterocycles. The fourth-order valence-electron chi connectivity index (χ4n) is 0.725. The number of rotatable bonds is 2. The van der Waals surface area contributed by atoms with Gasteiger partial charge in [0.25, 0.3) is 0 Å². The van der Waals surface area contributed by atoms with Crippen molar-refractivity contribution in [1.29, 1.82) is 0 Å². The molecule has 0 N–H and O–H groups in total. The van der Waals surface area contributed by atoms with Crippen molar-refractivity contribution in [3.05, 3.63) is 35.0 Å². The van der Waals surface area contributed by atoms with Crippen molar-refractivity contribution >= 4 is 24.7 Å². The van der Waals surface area contributed by atoms with E-state index in [0.717, 1.165) is 6.08 Å². The molecule has 13 heavy (non-hydrogen) atoms. The van der Waals surface area contributed by atoms with Crippen LogP contribution in [0.2, 0.25) is 5.02 Å². The minimum atomic E-state index is -4.91. The summed E-state index contributed by atoms with van der Waals surface area (Å²) >= 11 is 5.60. The summed E-state index contributed by atoms with van der Waals surface area (Å²) in [6.45, 7) is -4.91. The van der Waals surface area contributed by atoms with E-state index in [1.54, 1.807) is 0 Å². The van der Waals surface area contributed by atoms with Crippen LogP contribution in [0.15, 0.2) is 24.4 Å². The van der Waals surface area contributed by atoms with Crippen molar-refractivity contribution in [3.63, 3.8) is 0 Å². The largest absolute Gasteiger partial charge is 0.502 e. The maximum atomic E-state index is 11.8. The van der Waals surface area contributed by atoms with Gasteiger partial charge in [-0.1, -0.05) is 17.7 Å². The van der Waals surface area contributed by atoms with Gasteiger partial charge in [0.05, 0.1) is 5.02 Å². The Kier molecular flexibility index (Phi) is 2.98. The van der Waals surface area contributed by atoms with Gasteiger partial charge in [-0.15, -0.1) is 5.98 Å².